The van der Waals surface area contributed by atoms with E-state index in [2.05, 4.69) is 5.32 Å². The van der Waals surface area contributed by atoms with Crippen molar-refractivity contribution < 1.29 is 22.7 Å². The predicted molar refractivity (Wildman–Crippen MR) is 124 cm³/mol. The Bertz CT molecular complexity index is 992. The molecule has 174 valence electrons. The van der Waals surface area contributed by atoms with E-state index >= 15 is 0 Å². The molecule has 0 unspecified atom stereocenters. The zero-order valence-corrected chi connectivity index (χ0v) is 19.7. The Morgan fingerprint density at radius 3 is 2.44 bits per heavy atom. The van der Waals surface area contributed by atoms with E-state index in [1.165, 1.54) is 4.31 Å². The third-order valence-electron chi connectivity index (χ3n) is 5.22. The maximum Gasteiger partial charge on any atom is 0.261 e. The van der Waals surface area contributed by atoms with Crippen LogP contribution in [-0.2, 0) is 14.8 Å². The Balaban J connectivity index is 1.45. The van der Waals surface area contributed by atoms with Crippen LogP contribution in [0.5, 0.6) is 11.5 Å². The maximum atomic E-state index is 12.7. The molecule has 1 fully saturated rings. The minimum atomic E-state index is -3.46. The molecule has 0 aliphatic carbocycles. The predicted octanol–water partition coefficient (Wildman–Crippen LogP) is 3.87. The van der Waals surface area contributed by atoms with Crippen molar-refractivity contribution in [2.45, 2.75) is 43.6 Å². The highest BCUT2D eigenvalue weighted by atomic mass is 35.5. The Morgan fingerprint density at radius 2 is 1.78 bits per heavy atom. The van der Waals surface area contributed by atoms with E-state index in [1.807, 2.05) is 6.92 Å². The number of halogens is 1. The van der Waals surface area contributed by atoms with E-state index in [9.17, 15) is 13.2 Å². The number of carbonyl (C=O) groups is 1. The number of nitrogens with zero attached hydrogens (tertiary/aromatic N) is 1. The Morgan fingerprint density at radius 1 is 1.09 bits per heavy atom. The van der Waals surface area contributed by atoms with Crippen LogP contribution in [0.1, 0.15) is 32.6 Å². The Kier molecular flexibility index (Phi) is 8.78. The molecule has 0 spiro atoms. The van der Waals surface area contributed by atoms with E-state index in [0.29, 0.717) is 36.0 Å². The molecule has 0 saturated carbocycles. The Hall–Kier alpha value is -2.29. The molecule has 1 aliphatic rings. The second-order valence-electron chi connectivity index (χ2n) is 7.52. The summed E-state index contributed by atoms with van der Waals surface area (Å²) in [6, 6.07) is 13.4. The van der Waals surface area contributed by atoms with Gasteiger partial charge in [-0.25, -0.2) is 8.42 Å². The first-order valence-corrected chi connectivity index (χ1v) is 12.7. The molecule has 32 heavy (non-hydrogen) atoms. The summed E-state index contributed by atoms with van der Waals surface area (Å²) in [6.45, 7) is 3.52. The lowest BCUT2D eigenvalue weighted by Gasteiger charge is -2.25. The molecule has 0 aromatic heterocycles. The van der Waals surface area contributed by atoms with Gasteiger partial charge < -0.3 is 14.8 Å². The fourth-order valence-electron chi connectivity index (χ4n) is 3.43. The van der Waals surface area contributed by atoms with Gasteiger partial charge in [-0.1, -0.05) is 37.1 Å². The molecule has 3 rings (SSSR count). The lowest BCUT2D eigenvalue weighted by atomic mass is 10.2. The van der Waals surface area contributed by atoms with Crippen molar-refractivity contribution in [3.63, 3.8) is 0 Å². The number of para-hydroxylation sites is 1. The van der Waals surface area contributed by atoms with Crippen LogP contribution in [0.3, 0.4) is 0 Å². The second-order valence-corrected chi connectivity index (χ2v) is 9.87. The number of hydrogen-bond donors (Lipinski definition) is 1. The summed E-state index contributed by atoms with van der Waals surface area (Å²) >= 11 is 6.09. The third-order valence-corrected chi connectivity index (χ3v) is 7.44. The van der Waals surface area contributed by atoms with Gasteiger partial charge in [-0.3, -0.25) is 4.79 Å². The van der Waals surface area contributed by atoms with Crippen LogP contribution in [0.4, 0.5) is 0 Å². The largest absolute Gasteiger partial charge is 0.492 e. The SMILES string of the molecule is CC[C@H](Oc1ccccc1Cl)C(=O)NCCOc1ccc(S(=O)(=O)N2CCCCC2)cc1. The standard InChI is InChI=1S/C23H29ClN2O5S/c1-2-21(31-22-9-5-4-8-20(22)24)23(27)25-14-17-30-18-10-12-19(13-11-18)32(28,29)26-15-6-3-7-16-26/h4-5,8-13,21H,2-3,6-7,14-17H2,1H3,(H,25,27)/t21-/m0/s1. The average molecular weight is 481 g/mol. The molecule has 1 N–H and O–H groups in total. The lowest BCUT2D eigenvalue weighted by molar-refractivity contribution is -0.128. The Labute approximate surface area is 194 Å². The molecule has 2 aromatic carbocycles. The zero-order valence-electron chi connectivity index (χ0n) is 18.1. The highest BCUT2D eigenvalue weighted by Gasteiger charge is 2.25. The van der Waals surface area contributed by atoms with E-state index < -0.39 is 16.1 Å². The van der Waals surface area contributed by atoms with Crippen molar-refractivity contribution in [1.82, 2.24) is 9.62 Å². The van der Waals surface area contributed by atoms with Crippen molar-refractivity contribution in [3.05, 3.63) is 53.6 Å². The number of piperidine rings is 1. The van der Waals surface area contributed by atoms with Crippen molar-refractivity contribution in [2.75, 3.05) is 26.2 Å². The maximum absolute atomic E-state index is 12.7. The quantitative estimate of drug-likeness (QED) is 0.522. The minimum Gasteiger partial charge on any atom is -0.492 e. The van der Waals surface area contributed by atoms with Gasteiger partial charge in [0, 0.05) is 13.1 Å². The zero-order chi connectivity index (χ0) is 23.0. The monoisotopic (exact) mass is 480 g/mol. The number of carbonyl (C=O) groups excluding carboxylic acids is 1. The topological polar surface area (TPSA) is 84.9 Å². The van der Waals surface area contributed by atoms with E-state index in [-0.39, 0.29) is 24.0 Å². The van der Waals surface area contributed by atoms with Gasteiger partial charge >= 0.3 is 0 Å². The van der Waals surface area contributed by atoms with Gasteiger partial charge in [0.1, 0.15) is 18.1 Å². The van der Waals surface area contributed by atoms with Crippen molar-refractivity contribution in [3.8, 4) is 11.5 Å². The molecule has 1 saturated heterocycles. The van der Waals surface area contributed by atoms with Gasteiger partial charge in [0.25, 0.3) is 5.91 Å². The van der Waals surface area contributed by atoms with Crippen molar-refractivity contribution in [1.29, 1.82) is 0 Å². The number of hydrogen-bond acceptors (Lipinski definition) is 5. The number of amides is 1. The van der Waals surface area contributed by atoms with E-state index in [1.54, 1.807) is 48.5 Å². The fourth-order valence-corrected chi connectivity index (χ4v) is 5.13. The van der Waals surface area contributed by atoms with Crippen LogP contribution in [-0.4, -0.2) is 51.0 Å². The number of nitrogens with one attached hydrogen (secondary N) is 1. The molecular formula is C23H29ClN2O5S. The van der Waals surface area contributed by atoms with Crippen molar-refractivity contribution in [2.24, 2.45) is 0 Å². The van der Waals surface area contributed by atoms with Crippen LogP contribution in [0, 0.1) is 0 Å². The summed E-state index contributed by atoms with van der Waals surface area (Å²) in [7, 11) is -3.46. The number of ether oxygens (including phenoxy) is 2. The molecular weight excluding hydrogens is 452 g/mol. The molecule has 1 atom stereocenters. The van der Waals surface area contributed by atoms with Crippen LogP contribution in [0.25, 0.3) is 0 Å². The van der Waals surface area contributed by atoms with Crippen LogP contribution in [0.2, 0.25) is 5.02 Å². The van der Waals surface area contributed by atoms with Gasteiger partial charge in [0.15, 0.2) is 6.10 Å². The van der Waals surface area contributed by atoms with Gasteiger partial charge in [-0.2, -0.15) is 4.31 Å². The molecule has 1 amide bonds. The van der Waals surface area contributed by atoms with Crippen LogP contribution < -0.4 is 14.8 Å². The second kappa shape index (κ2) is 11.5. The molecule has 0 bridgehead atoms. The van der Waals surface area contributed by atoms with Gasteiger partial charge in [-0.05, 0) is 55.7 Å². The first-order valence-electron chi connectivity index (χ1n) is 10.8. The summed E-state index contributed by atoms with van der Waals surface area (Å²) in [5.74, 6) is 0.752. The summed E-state index contributed by atoms with van der Waals surface area (Å²) in [6.07, 6.45) is 2.70. The summed E-state index contributed by atoms with van der Waals surface area (Å²) < 4.78 is 38.3. The van der Waals surface area contributed by atoms with Crippen LogP contribution >= 0.6 is 11.6 Å². The highest BCUT2D eigenvalue weighted by molar-refractivity contribution is 7.89. The van der Waals surface area contributed by atoms with Crippen molar-refractivity contribution >= 4 is 27.5 Å². The fraction of sp³-hybridized carbons (Fsp3) is 0.435. The molecule has 0 radical (unpaired) electrons. The first-order chi connectivity index (χ1) is 15.4. The molecule has 1 heterocycles. The summed E-state index contributed by atoms with van der Waals surface area (Å²) in [4.78, 5) is 12.7. The smallest absolute Gasteiger partial charge is 0.261 e. The highest BCUT2D eigenvalue weighted by Crippen LogP contribution is 2.25. The molecule has 1 aliphatic heterocycles. The molecule has 9 heteroatoms. The molecule has 2 aromatic rings. The number of rotatable bonds is 10. The lowest BCUT2D eigenvalue weighted by Crippen LogP contribution is -2.39. The molecule has 7 nitrogen and oxygen atoms in total. The van der Waals surface area contributed by atoms with Gasteiger partial charge in [0.05, 0.1) is 16.5 Å². The normalized spacial score (nSPS) is 15.7. The van der Waals surface area contributed by atoms with Crippen LogP contribution in [0.15, 0.2) is 53.4 Å². The van der Waals surface area contributed by atoms with Gasteiger partial charge in [0.2, 0.25) is 10.0 Å². The average Bonchev–Trinajstić information content (AvgIpc) is 2.82. The third kappa shape index (κ3) is 6.37. The van der Waals surface area contributed by atoms with Gasteiger partial charge in [-0.15, -0.1) is 0 Å². The summed E-state index contributed by atoms with van der Waals surface area (Å²) in [5.41, 5.74) is 0. The van der Waals surface area contributed by atoms with E-state index in [4.69, 9.17) is 21.1 Å². The number of benzene rings is 2. The summed E-state index contributed by atoms with van der Waals surface area (Å²) in [5, 5.41) is 3.24. The minimum absolute atomic E-state index is 0.243. The number of sulfonamides is 1. The van der Waals surface area contributed by atoms with E-state index in [0.717, 1.165) is 19.3 Å². The first kappa shape index (κ1) is 24.4.